The number of hydrazone groups is 1. The number of aromatic hydroxyl groups is 1. The maximum atomic E-state index is 12.5. The highest BCUT2D eigenvalue weighted by atomic mass is 35.5. The van der Waals surface area contributed by atoms with Crippen LogP contribution < -0.4 is 14.9 Å². The van der Waals surface area contributed by atoms with E-state index in [9.17, 15) is 9.90 Å². The van der Waals surface area contributed by atoms with E-state index >= 15 is 0 Å². The van der Waals surface area contributed by atoms with Crippen molar-refractivity contribution in [1.82, 2.24) is 5.43 Å². The Kier molecular flexibility index (Phi) is 7.76. The molecule has 2 N–H and O–H groups in total. The van der Waals surface area contributed by atoms with E-state index in [2.05, 4.69) is 10.5 Å². The zero-order valence-electron chi connectivity index (χ0n) is 16.6. The van der Waals surface area contributed by atoms with Crippen LogP contribution in [0.5, 0.6) is 17.2 Å². The van der Waals surface area contributed by atoms with Crippen LogP contribution in [0.25, 0.3) is 0 Å². The number of phenols is 1. The molecule has 0 bridgehead atoms. The number of hydrogen-bond acceptors (Lipinski definition) is 5. The van der Waals surface area contributed by atoms with Crippen LogP contribution in [0.1, 0.15) is 28.4 Å². The van der Waals surface area contributed by atoms with Crippen LogP contribution >= 0.6 is 23.2 Å². The Morgan fingerprint density at radius 1 is 1.03 bits per heavy atom. The minimum Gasteiger partial charge on any atom is -0.505 e. The highest BCUT2D eigenvalue weighted by Crippen LogP contribution is 2.32. The van der Waals surface area contributed by atoms with Gasteiger partial charge in [-0.1, -0.05) is 53.5 Å². The van der Waals surface area contributed by atoms with Crippen LogP contribution in [-0.2, 0) is 6.61 Å². The lowest BCUT2D eigenvalue weighted by Gasteiger charge is -2.13. The Morgan fingerprint density at radius 3 is 2.42 bits per heavy atom. The smallest absolute Gasteiger partial charge is 0.271 e. The van der Waals surface area contributed by atoms with Crippen molar-refractivity contribution in [2.75, 3.05) is 6.61 Å². The molecule has 8 heteroatoms. The quantitative estimate of drug-likeness (QED) is 0.347. The van der Waals surface area contributed by atoms with E-state index < -0.39 is 5.91 Å². The third kappa shape index (κ3) is 6.13. The third-order valence-electron chi connectivity index (χ3n) is 4.16. The normalized spacial score (nSPS) is 10.8. The van der Waals surface area contributed by atoms with Crippen LogP contribution in [0, 0.1) is 0 Å². The van der Waals surface area contributed by atoms with E-state index in [1.165, 1.54) is 18.3 Å². The number of benzene rings is 3. The molecule has 0 saturated carbocycles. The van der Waals surface area contributed by atoms with Gasteiger partial charge in [-0.15, -0.1) is 0 Å². The number of halogens is 2. The standard InChI is InChI=1S/C23H20Cl2N2O4/c1-2-30-21-12-17(8-9-20(21)31-14-15-6-4-3-5-7-15)23(29)27-26-13-16-10-18(24)22(28)19(25)11-16/h3-13,28H,2,14H2,1H3,(H,27,29)/b26-13+. The van der Waals surface area contributed by atoms with Gasteiger partial charge in [0, 0.05) is 5.56 Å². The number of carbonyl (C=O) groups excluding carboxylic acids is 1. The fourth-order valence-electron chi connectivity index (χ4n) is 2.66. The Hall–Kier alpha value is -3.22. The predicted molar refractivity (Wildman–Crippen MR) is 122 cm³/mol. The first-order valence-electron chi connectivity index (χ1n) is 9.43. The number of phenolic OH excluding ortho intramolecular Hbond substituents is 1. The molecule has 0 aliphatic heterocycles. The zero-order valence-corrected chi connectivity index (χ0v) is 18.2. The molecule has 31 heavy (non-hydrogen) atoms. The van der Waals surface area contributed by atoms with Gasteiger partial charge in [-0.3, -0.25) is 4.79 Å². The molecular formula is C23H20Cl2N2O4. The van der Waals surface area contributed by atoms with E-state index in [-0.39, 0.29) is 15.8 Å². The Morgan fingerprint density at radius 2 is 1.74 bits per heavy atom. The van der Waals surface area contributed by atoms with Crippen molar-refractivity contribution in [3.05, 3.63) is 87.4 Å². The molecule has 0 saturated heterocycles. The van der Waals surface area contributed by atoms with Crippen LogP contribution in [0.2, 0.25) is 10.0 Å². The van der Waals surface area contributed by atoms with Crippen molar-refractivity contribution < 1.29 is 19.4 Å². The number of carbonyl (C=O) groups is 1. The third-order valence-corrected chi connectivity index (χ3v) is 4.74. The van der Waals surface area contributed by atoms with Crippen molar-refractivity contribution >= 4 is 35.3 Å². The molecule has 0 aliphatic rings. The topological polar surface area (TPSA) is 80.2 Å². The van der Waals surface area contributed by atoms with Crippen LogP contribution in [0.4, 0.5) is 0 Å². The number of ether oxygens (including phenoxy) is 2. The highest BCUT2D eigenvalue weighted by molar-refractivity contribution is 6.37. The van der Waals surface area contributed by atoms with Gasteiger partial charge in [-0.2, -0.15) is 5.10 Å². The average molecular weight is 459 g/mol. The molecule has 0 fully saturated rings. The molecule has 3 rings (SSSR count). The zero-order chi connectivity index (χ0) is 22.2. The SMILES string of the molecule is CCOc1cc(C(=O)N/N=C/c2cc(Cl)c(O)c(Cl)c2)ccc1OCc1ccccc1. The Balaban J connectivity index is 1.68. The summed E-state index contributed by atoms with van der Waals surface area (Å²) in [5, 5.41) is 13.7. The summed E-state index contributed by atoms with van der Waals surface area (Å²) in [4.78, 5) is 12.5. The van der Waals surface area contributed by atoms with Crippen LogP contribution in [0.15, 0.2) is 65.8 Å². The second-order valence-corrected chi connectivity index (χ2v) is 7.22. The van der Waals surface area contributed by atoms with Crippen LogP contribution in [0.3, 0.4) is 0 Å². The maximum absolute atomic E-state index is 12.5. The van der Waals surface area contributed by atoms with Gasteiger partial charge in [0.2, 0.25) is 0 Å². The average Bonchev–Trinajstić information content (AvgIpc) is 2.77. The summed E-state index contributed by atoms with van der Waals surface area (Å²) in [7, 11) is 0. The minimum absolute atomic E-state index is 0.0905. The molecule has 0 aliphatic carbocycles. The monoisotopic (exact) mass is 458 g/mol. The van der Waals surface area contributed by atoms with E-state index in [0.717, 1.165) is 5.56 Å². The van der Waals surface area contributed by atoms with Crippen molar-refractivity contribution in [2.24, 2.45) is 5.10 Å². The first-order valence-corrected chi connectivity index (χ1v) is 10.2. The van der Waals surface area contributed by atoms with Crippen molar-refractivity contribution in [3.63, 3.8) is 0 Å². The van der Waals surface area contributed by atoms with Gasteiger partial charge < -0.3 is 14.6 Å². The lowest BCUT2D eigenvalue weighted by molar-refractivity contribution is 0.0954. The molecule has 0 unspecified atom stereocenters. The molecule has 1 amide bonds. The lowest BCUT2D eigenvalue weighted by atomic mass is 10.2. The number of nitrogens with one attached hydrogen (secondary N) is 1. The van der Waals surface area contributed by atoms with Crippen molar-refractivity contribution in [2.45, 2.75) is 13.5 Å². The van der Waals surface area contributed by atoms with E-state index in [1.807, 2.05) is 37.3 Å². The molecule has 6 nitrogen and oxygen atoms in total. The van der Waals surface area contributed by atoms with E-state index in [4.69, 9.17) is 32.7 Å². The van der Waals surface area contributed by atoms with Crippen LogP contribution in [-0.4, -0.2) is 23.8 Å². The summed E-state index contributed by atoms with van der Waals surface area (Å²) in [6.45, 7) is 2.66. The van der Waals surface area contributed by atoms with Gasteiger partial charge in [0.1, 0.15) is 6.61 Å². The summed E-state index contributed by atoms with van der Waals surface area (Å²) in [5.74, 6) is 0.372. The Labute approximate surface area is 190 Å². The predicted octanol–water partition coefficient (Wildman–Crippen LogP) is 5.44. The summed E-state index contributed by atoms with van der Waals surface area (Å²) in [6, 6.07) is 17.6. The van der Waals surface area contributed by atoms with Gasteiger partial charge in [0.05, 0.1) is 22.9 Å². The second kappa shape index (κ2) is 10.7. The molecule has 3 aromatic carbocycles. The maximum Gasteiger partial charge on any atom is 0.271 e. The largest absolute Gasteiger partial charge is 0.505 e. The summed E-state index contributed by atoms with van der Waals surface area (Å²) < 4.78 is 11.5. The fraction of sp³-hybridized carbons (Fsp3) is 0.130. The molecule has 0 heterocycles. The summed E-state index contributed by atoms with van der Waals surface area (Å²) >= 11 is 11.7. The lowest BCUT2D eigenvalue weighted by Crippen LogP contribution is -2.17. The molecule has 0 atom stereocenters. The molecule has 3 aromatic rings. The molecule has 0 radical (unpaired) electrons. The molecular weight excluding hydrogens is 439 g/mol. The first kappa shape index (κ1) is 22.5. The van der Waals surface area contributed by atoms with Gasteiger partial charge in [-0.25, -0.2) is 5.43 Å². The molecule has 0 spiro atoms. The minimum atomic E-state index is -0.428. The number of nitrogens with zero attached hydrogens (tertiary/aromatic N) is 1. The van der Waals surface area contributed by atoms with Gasteiger partial charge >= 0.3 is 0 Å². The van der Waals surface area contributed by atoms with Crippen molar-refractivity contribution in [1.29, 1.82) is 0 Å². The van der Waals surface area contributed by atoms with E-state index in [0.29, 0.717) is 35.8 Å². The first-order chi connectivity index (χ1) is 15.0. The second-order valence-electron chi connectivity index (χ2n) is 6.40. The number of rotatable bonds is 8. The van der Waals surface area contributed by atoms with Gasteiger partial charge in [-0.05, 0) is 48.4 Å². The highest BCUT2D eigenvalue weighted by Gasteiger charge is 2.12. The fourth-order valence-corrected chi connectivity index (χ4v) is 3.17. The summed E-state index contributed by atoms with van der Waals surface area (Å²) in [6.07, 6.45) is 1.37. The number of amides is 1. The van der Waals surface area contributed by atoms with Crippen molar-refractivity contribution in [3.8, 4) is 17.2 Å². The van der Waals surface area contributed by atoms with Gasteiger partial charge in [0.15, 0.2) is 17.2 Å². The Bertz CT molecular complexity index is 1070. The summed E-state index contributed by atoms with van der Waals surface area (Å²) in [5.41, 5.74) is 4.33. The number of hydrogen-bond donors (Lipinski definition) is 2. The molecule has 160 valence electrons. The molecule has 0 aromatic heterocycles. The van der Waals surface area contributed by atoms with Gasteiger partial charge in [0.25, 0.3) is 5.91 Å². The van der Waals surface area contributed by atoms with E-state index in [1.54, 1.807) is 18.2 Å².